The van der Waals surface area contributed by atoms with Crippen molar-refractivity contribution in [3.05, 3.63) is 12.7 Å². The van der Waals surface area contributed by atoms with Crippen molar-refractivity contribution < 1.29 is 9.26 Å². The van der Waals surface area contributed by atoms with Crippen LogP contribution >= 0.6 is 8.81 Å². The molecule has 2 aromatic rings. The van der Waals surface area contributed by atoms with Crippen molar-refractivity contribution in [2.45, 2.75) is 25.2 Å². The van der Waals surface area contributed by atoms with E-state index in [9.17, 15) is 0 Å². The van der Waals surface area contributed by atoms with Gasteiger partial charge in [0.05, 0.1) is 19.0 Å². The van der Waals surface area contributed by atoms with Crippen molar-refractivity contribution in [3.8, 4) is 0 Å². The Morgan fingerprint density at radius 1 is 1.47 bits per heavy atom. The van der Waals surface area contributed by atoms with E-state index in [1.165, 1.54) is 6.33 Å². The predicted molar refractivity (Wildman–Crippen MR) is 73.1 cm³/mol. The molecule has 102 valence electrons. The number of nitrogens with two attached hydrogens (primary N) is 1. The van der Waals surface area contributed by atoms with Crippen LogP contribution in [0, 0.1) is 0 Å². The van der Waals surface area contributed by atoms with Gasteiger partial charge in [0.2, 0.25) is 0 Å². The highest BCUT2D eigenvalue weighted by Gasteiger charge is 2.28. The van der Waals surface area contributed by atoms with E-state index < -0.39 is 0 Å². The van der Waals surface area contributed by atoms with Gasteiger partial charge in [-0.05, 0) is 19.5 Å². The lowest BCUT2D eigenvalue weighted by Gasteiger charge is -2.14. The van der Waals surface area contributed by atoms with Gasteiger partial charge >= 0.3 is 0 Å². The lowest BCUT2D eigenvalue weighted by molar-refractivity contribution is -0.0135. The zero-order valence-electron chi connectivity index (χ0n) is 10.6. The standard InChI is InChI=1S/C11H16N5O2P/c1-19-17-4-7-2-3-8(18-7)16-6-15-9-10(12)13-5-14-11(9)16/h5-8,19H,2-4H2,1H3,(H2,12,13,14)/t7-,8+/m0/s1. The zero-order chi connectivity index (χ0) is 13.2. The molecule has 1 saturated heterocycles. The van der Waals surface area contributed by atoms with Crippen molar-refractivity contribution in [1.82, 2.24) is 19.5 Å². The topological polar surface area (TPSA) is 88.1 Å². The lowest BCUT2D eigenvalue weighted by Crippen LogP contribution is -2.15. The molecule has 0 radical (unpaired) electrons. The summed E-state index contributed by atoms with van der Waals surface area (Å²) in [6, 6.07) is 0. The number of hydrogen-bond acceptors (Lipinski definition) is 6. The predicted octanol–water partition coefficient (Wildman–Crippen LogP) is 1.33. The molecule has 1 fully saturated rings. The van der Waals surface area contributed by atoms with E-state index in [-0.39, 0.29) is 12.3 Å². The summed E-state index contributed by atoms with van der Waals surface area (Å²) >= 11 is 0. The SMILES string of the molecule is CPOC[C@@H]1CC[C@H](n2cnc3c(N)ncnc32)O1. The third-order valence-electron chi connectivity index (χ3n) is 3.20. The van der Waals surface area contributed by atoms with E-state index in [1.54, 1.807) is 6.33 Å². The first-order valence-electron chi connectivity index (χ1n) is 6.16. The summed E-state index contributed by atoms with van der Waals surface area (Å²) in [5.41, 5.74) is 7.12. The van der Waals surface area contributed by atoms with Crippen LogP contribution in [-0.4, -0.2) is 38.9 Å². The molecule has 1 unspecified atom stereocenters. The molecule has 1 aliphatic rings. The number of imidazole rings is 1. The highest BCUT2D eigenvalue weighted by atomic mass is 31.1. The average molecular weight is 281 g/mol. The second kappa shape index (κ2) is 5.36. The highest BCUT2D eigenvalue weighted by molar-refractivity contribution is 7.31. The van der Waals surface area contributed by atoms with Crippen molar-refractivity contribution >= 4 is 25.8 Å². The molecule has 7 nitrogen and oxygen atoms in total. The number of fused-ring (bicyclic) bond motifs is 1. The van der Waals surface area contributed by atoms with E-state index >= 15 is 0 Å². The Bertz CT molecular complexity index is 575. The molecule has 1 aliphatic heterocycles. The second-order valence-corrected chi connectivity index (χ2v) is 5.09. The Morgan fingerprint density at radius 2 is 2.37 bits per heavy atom. The smallest absolute Gasteiger partial charge is 0.167 e. The molecule has 0 amide bonds. The number of ether oxygens (including phenoxy) is 1. The van der Waals surface area contributed by atoms with E-state index in [1.807, 2.05) is 11.2 Å². The fourth-order valence-electron chi connectivity index (χ4n) is 2.27. The average Bonchev–Trinajstić information content (AvgIpc) is 3.02. The Kier molecular flexibility index (Phi) is 3.59. The van der Waals surface area contributed by atoms with Crippen LogP contribution in [-0.2, 0) is 9.26 Å². The van der Waals surface area contributed by atoms with Crippen LogP contribution in [0.25, 0.3) is 11.2 Å². The Balaban J connectivity index is 1.80. The number of hydrogen-bond donors (Lipinski definition) is 1. The Morgan fingerprint density at radius 3 is 3.21 bits per heavy atom. The van der Waals surface area contributed by atoms with Crippen molar-refractivity contribution in [1.29, 1.82) is 0 Å². The maximum absolute atomic E-state index is 5.96. The molecule has 3 atom stereocenters. The van der Waals surface area contributed by atoms with Crippen molar-refractivity contribution in [3.63, 3.8) is 0 Å². The van der Waals surface area contributed by atoms with Crippen LogP contribution in [0.3, 0.4) is 0 Å². The van der Waals surface area contributed by atoms with Gasteiger partial charge in [-0.3, -0.25) is 4.57 Å². The van der Waals surface area contributed by atoms with Gasteiger partial charge in [0.25, 0.3) is 0 Å². The largest absolute Gasteiger partial charge is 0.382 e. The zero-order valence-corrected chi connectivity index (χ0v) is 11.6. The molecule has 0 spiro atoms. The molecule has 3 heterocycles. The summed E-state index contributed by atoms with van der Waals surface area (Å²) in [6.07, 6.45) is 5.17. The number of nitrogens with zero attached hydrogens (tertiary/aromatic N) is 4. The van der Waals surface area contributed by atoms with Gasteiger partial charge in [0, 0.05) is 8.81 Å². The third kappa shape index (κ3) is 2.41. The quantitative estimate of drug-likeness (QED) is 0.850. The second-order valence-electron chi connectivity index (χ2n) is 4.39. The minimum Gasteiger partial charge on any atom is -0.382 e. The van der Waals surface area contributed by atoms with Crippen molar-refractivity contribution in [2.75, 3.05) is 19.0 Å². The molecule has 2 aromatic heterocycles. The van der Waals surface area contributed by atoms with Crippen LogP contribution in [0.15, 0.2) is 12.7 Å². The van der Waals surface area contributed by atoms with E-state index in [0.717, 1.165) is 18.5 Å². The van der Waals surface area contributed by atoms with E-state index in [0.29, 0.717) is 26.7 Å². The number of rotatable bonds is 4. The molecular formula is C11H16N5O2P. The van der Waals surface area contributed by atoms with Gasteiger partial charge in [-0.15, -0.1) is 0 Å². The molecule has 0 bridgehead atoms. The van der Waals surface area contributed by atoms with Gasteiger partial charge in [0.15, 0.2) is 11.5 Å². The molecule has 8 heteroatoms. The van der Waals surface area contributed by atoms with Gasteiger partial charge < -0.3 is 15.0 Å². The van der Waals surface area contributed by atoms with Crippen LogP contribution in [0.4, 0.5) is 5.82 Å². The third-order valence-corrected chi connectivity index (χ3v) is 3.65. The maximum atomic E-state index is 5.96. The lowest BCUT2D eigenvalue weighted by atomic mass is 10.2. The number of aromatic nitrogens is 4. The minimum atomic E-state index is -0.0481. The fraction of sp³-hybridized carbons (Fsp3) is 0.545. The summed E-state index contributed by atoms with van der Waals surface area (Å²) in [4.78, 5) is 12.4. The Labute approximate surface area is 112 Å². The highest BCUT2D eigenvalue weighted by Crippen LogP contribution is 2.31. The maximum Gasteiger partial charge on any atom is 0.167 e. The molecule has 0 aromatic carbocycles. The first-order valence-corrected chi connectivity index (χ1v) is 7.57. The van der Waals surface area contributed by atoms with Crippen molar-refractivity contribution in [2.24, 2.45) is 0 Å². The van der Waals surface area contributed by atoms with E-state index in [2.05, 4.69) is 15.0 Å². The Hall–Kier alpha value is -1.30. The van der Waals surface area contributed by atoms with Gasteiger partial charge in [-0.1, -0.05) is 0 Å². The van der Waals surface area contributed by atoms with Crippen LogP contribution in [0.5, 0.6) is 0 Å². The normalized spacial score (nSPS) is 23.8. The summed E-state index contributed by atoms with van der Waals surface area (Å²) in [7, 11) is 0.496. The first kappa shape index (κ1) is 12.7. The van der Waals surface area contributed by atoms with Gasteiger partial charge in [-0.25, -0.2) is 15.0 Å². The van der Waals surface area contributed by atoms with Gasteiger partial charge in [-0.2, -0.15) is 0 Å². The molecule has 3 rings (SSSR count). The molecule has 0 aliphatic carbocycles. The first-order chi connectivity index (χ1) is 9.29. The summed E-state index contributed by atoms with van der Waals surface area (Å²) in [6.45, 7) is 2.66. The summed E-state index contributed by atoms with van der Waals surface area (Å²) in [5, 5.41) is 0. The fourth-order valence-corrected chi connectivity index (χ4v) is 2.62. The number of anilines is 1. The molecule has 2 N–H and O–H groups in total. The number of nitrogen functional groups attached to an aromatic ring is 1. The summed E-state index contributed by atoms with van der Waals surface area (Å²) in [5.74, 6) is 0.397. The monoisotopic (exact) mass is 281 g/mol. The van der Waals surface area contributed by atoms with E-state index in [4.69, 9.17) is 15.0 Å². The molecular weight excluding hydrogens is 265 g/mol. The van der Waals surface area contributed by atoms with Crippen LogP contribution in [0.1, 0.15) is 19.1 Å². The van der Waals surface area contributed by atoms with Crippen LogP contribution in [0.2, 0.25) is 0 Å². The van der Waals surface area contributed by atoms with Gasteiger partial charge in [0.1, 0.15) is 18.1 Å². The molecule has 19 heavy (non-hydrogen) atoms. The summed E-state index contributed by atoms with van der Waals surface area (Å²) < 4.78 is 13.3. The molecule has 0 saturated carbocycles. The minimum absolute atomic E-state index is 0.0481. The van der Waals surface area contributed by atoms with Crippen LogP contribution < -0.4 is 5.73 Å².